The lowest BCUT2D eigenvalue weighted by Gasteiger charge is -2.08. The van der Waals surface area contributed by atoms with Gasteiger partial charge in [-0.15, -0.1) is 0 Å². The maximum atomic E-state index is 13.6. The highest BCUT2D eigenvalue weighted by Crippen LogP contribution is 2.38. The molecular weight excluding hydrogens is 356 g/mol. The third-order valence-electron chi connectivity index (χ3n) is 4.06. The van der Waals surface area contributed by atoms with Gasteiger partial charge in [0.05, 0.1) is 5.56 Å². The molecule has 1 heterocycles. The predicted molar refractivity (Wildman–Crippen MR) is 91.4 cm³/mol. The first-order valence-electron chi connectivity index (χ1n) is 8.40. The monoisotopic (exact) mass is 371 g/mol. The van der Waals surface area contributed by atoms with Gasteiger partial charge in [-0.2, -0.15) is 4.98 Å². The summed E-state index contributed by atoms with van der Waals surface area (Å²) in [6, 6.07) is 9.18. The zero-order chi connectivity index (χ0) is 18.8. The summed E-state index contributed by atoms with van der Waals surface area (Å²) in [7, 11) is 0. The molecule has 6 nitrogen and oxygen atoms in total. The van der Waals surface area contributed by atoms with E-state index < -0.39 is 17.5 Å². The quantitative estimate of drug-likeness (QED) is 0.707. The van der Waals surface area contributed by atoms with Crippen LogP contribution in [0.2, 0.25) is 0 Å². The highest BCUT2D eigenvalue weighted by Gasteiger charge is 2.29. The molecule has 4 rings (SSSR count). The largest absolute Gasteiger partial charge is 0.485 e. The van der Waals surface area contributed by atoms with Crippen molar-refractivity contribution < 1.29 is 22.8 Å². The first-order chi connectivity index (χ1) is 13.1. The van der Waals surface area contributed by atoms with Gasteiger partial charge < -0.3 is 14.6 Å². The van der Waals surface area contributed by atoms with Crippen LogP contribution in [-0.2, 0) is 6.61 Å². The molecule has 1 N–H and O–H groups in total. The van der Waals surface area contributed by atoms with Crippen LogP contribution in [0.3, 0.4) is 0 Å². The van der Waals surface area contributed by atoms with E-state index >= 15 is 0 Å². The molecule has 1 saturated carbocycles. The molecule has 0 aliphatic heterocycles. The Morgan fingerprint density at radius 2 is 1.96 bits per heavy atom. The summed E-state index contributed by atoms with van der Waals surface area (Å²) < 4.78 is 37.6. The van der Waals surface area contributed by atoms with Gasteiger partial charge in [-0.1, -0.05) is 5.16 Å². The molecule has 1 aromatic heterocycles. The van der Waals surface area contributed by atoms with Gasteiger partial charge in [0.15, 0.2) is 6.61 Å². The lowest BCUT2D eigenvalue weighted by Crippen LogP contribution is -2.14. The Morgan fingerprint density at radius 3 is 2.70 bits per heavy atom. The van der Waals surface area contributed by atoms with Gasteiger partial charge in [-0.25, -0.2) is 8.78 Å². The van der Waals surface area contributed by atoms with Crippen molar-refractivity contribution >= 4 is 11.6 Å². The third kappa shape index (κ3) is 4.11. The first-order valence-corrected chi connectivity index (χ1v) is 8.40. The molecule has 1 aliphatic carbocycles. The van der Waals surface area contributed by atoms with Crippen LogP contribution in [0, 0.1) is 11.6 Å². The Morgan fingerprint density at radius 1 is 1.19 bits per heavy atom. The minimum Gasteiger partial charge on any atom is -0.485 e. The molecule has 27 heavy (non-hydrogen) atoms. The van der Waals surface area contributed by atoms with Crippen LogP contribution in [0.1, 0.15) is 40.8 Å². The number of halogens is 2. The number of hydrogen-bond donors (Lipinski definition) is 1. The number of amides is 1. The van der Waals surface area contributed by atoms with Gasteiger partial charge in [0, 0.05) is 11.6 Å². The molecule has 1 amide bonds. The van der Waals surface area contributed by atoms with E-state index in [0.29, 0.717) is 29.1 Å². The van der Waals surface area contributed by atoms with Crippen molar-refractivity contribution in [3.63, 3.8) is 0 Å². The molecule has 1 fully saturated rings. The van der Waals surface area contributed by atoms with Crippen molar-refractivity contribution in [1.29, 1.82) is 0 Å². The topological polar surface area (TPSA) is 77.2 Å². The Labute approximate surface area is 153 Å². The molecule has 0 unspecified atom stereocenters. The zero-order valence-corrected chi connectivity index (χ0v) is 14.1. The fraction of sp³-hybridized carbons (Fsp3) is 0.211. The van der Waals surface area contributed by atoms with Crippen LogP contribution in [0.5, 0.6) is 5.75 Å². The molecular formula is C19H15F2N3O3. The fourth-order valence-corrected chi connectivity index (χ4v) is 2.47. The number of benzene rings is 2. The van der Waals surface area contributed by atoms with Crippen molar-refractivity contribution in [3.8, 4) is 5.75 Å². The van der Waals surface area contributed by atoms with Gasteiger partial charge in [-0.3, -0.25) is 4.79 Å². The minimum atomic E-state index is -0.792. The van der Waals surface area contributed by atoms with Crippen molar-refractivity contribution in [2.45, 2.75) is 25.4 Å². The number of carbonyl (C=O) groups is 1. The number of nitrogens with zero attached hydrogens (tertiary/aromatic N) is 2. The van der Waals surface area contributed by atoms with E-state index in [0.717, 1.165) is 31.0 Å². The predicted octanol–water partition coefficient (Wildman–Crippen LogP) is 4.06. The lowest BCUT2D eigenvalue weighted by molar-refractivity contribution is 0.102. The second-order valence-corrected chi connectivity index (χ2v) is 6.21. The maximum Gasteiger partial charge on any atom is 0.258 e. The standard InChI is InChI=1S/C19H15F2N3O3/c20-12-3-8-16(21)15(9-12)18(25)22-13-4-6-14(7-5-13)26-10-17-23-19(27-24-17)11-1-2-11/h3-9,11H,1-2,10H2,(H,22,25). The van der Waals surface area contributed by atoms with Gasteiger partial charge in [-0.05, 0) is 55.3 Å². The molecule has 1 aliphatic rings. The highest BCUT2D eigenvalue weighted by molar-refractivity contribution is 6.04. The number of rotatable bonds is 6. The summed E-state index contributed by atoms with van der Waals surface area (Å²) in [5.74, 6) is -0.164. The SMILES string of the molecule is O=C(Nc1ccc(OCc2noc(C3CC3)n2)cc1)c1cc(F)ccc1F. The van der Waals surface area contributed by atoms with Crippen LogP contribution < -0.4 is 10.1 Å². The molecule has 0 saturated heterocycles. The summed E-state index contributed by atoms with van der Waals surface area (Å²) in [4.78, 5) is 16.3. The maximum absolute atomic E-state index is 13.6. The van der Waals surface area contributed by atoms with Crippen LogP contribution in [0.25, 0.3) is 0 Å². The normalized spacial score (nSPS) is 13.4. The highest BCUT2D eigenvalue weighted by atomic mass is 19.1. The number of anilines is 1. The number of hydrogen-bond acceptors (Lipinski definition) is 5. The summed E-state index contributed by atoms with van der Waals surface area (Å²) in [5.41, 5.74) is 0.0606. The van der Waals surface area contributed by atoms with Crippen LogP contribution in [0.15, 0.2) is 47.0 Å². The molecule has 138 valence electrons. The Hall–Kier alpha value is -3.29. The van der Waals surface area contributed by atoms with Crippen molar-refractivity contribution in [1.82, 2.24) is 10.1 Å². The summed E-state index contributed by atoms with van der Waals surface area (Å²) in [6.07, 6.45) is 2.16. The van der Waals surface area contributed by atoms with E-state index in [2.05, 4.69) is 15.5 Å². The fourth-order valence-electron chi connectivity index (χ4n) is 2.47. The first kappa shape index (κ1) is 17.1. The molecule has 0 spiro atoms. The molecule has 0 bridgehead atoms. The van der Waals surface area contributed by atoms with E-state index in [4.69, 9.17) is 9.26 Å². The molecule has 2 aromatic carbocycles. The van der Waals surface area contributed by atoms with E-state index in [9.17, 15) is 13.6 Å². The molecule has 0 radical (unpaired) electrons. The van der Waals surface area contributed by atoms with E-state index in [-0.39, 0.29) is 12.2 Å². The lowest BCUT2D eigenvalue weighted by atomic mass is 10.2. The van der Waals surface area contributed by atoms with E-state index in [1.165, 1.54) is 0 Å². The van der Waals surface area contributed by atoms with Gasteiger partial charge in [0.1, 0.15) is 17.4 Å². The second-order valence-electron chi connectivity index (χ2n) is 6.21. The molecule has 0 atom stereocenters. The Kier molecular flexibility index (Phi) is 4.53. The zero-order valence-electron chi connectivity index (χ0n) is 14.1. The Bertz CT molecular complexity index is 969. The van der Waals surface area contributed by atoms with Crippen molar-refractivity contribution in [2.24, 2.45) is 0 Å². The smallest absolute Gasteiger partial charge is 0.258 e. The van der Waals surface area contributed by atoms with Gasteiger partial charge in [0.25, 0.3) is 5.91 Å². The van der Waals surface area contributed by atoms with Crippen molar-refractivity contribution in [3.05, 3.63) is 71.4 Å². The average Bonchev–Trinajstić information content (AvgIpc) is 3.41. The van der Waals surface area contributed by atoms with Crippen LogP contribution in [0.4, 0.5) is 14.5 Å². The van der Waals surface area contributed by atoms with Crippen molar-refractivity contribution in [2.75, 3.05) is 5.32 Å². The Balaban J connectivity index is 1.35. The summed E-state index contributed by atoms with van der Waals surface area (Å²) >= 11 is 0. The van der Waals surface area contributed by atoms with Gasteiger partial charge >= 0.3 is 0 Å². The van der Waals surface area contributed by atoms with E-state index in [1.807, 2.05) is 0 Å². The molecule has 8 heteroatoms. The minimum absolute atomic E-state index is 0.163. The third-order valence-corrected chi connectivity index (χ3v) is 4.06. The average molecular weight is 371 g/mol. The second kappa shape index (κ2) is 7.14. The van der Waals surface area contributed by atoms with Crippen LogP contribution in [-0.4, -0.2) is 16.0 Å². The number of aromatic nitrogens is 2. The van der Waals surface area contributed by atoms with Gasteiger partial charge in [0.2, 0.25) is 11.7 Å². The molecule has 3 aromatic rings. The summed E-state index contributed by atoms with van der Waals surface area (Å²) in [5, 5.41) is 6.37. The number of ether oxygens (including phenoxy) is 1. The van der Waals surface area contributed by atoms with Crippen LogP contribution >= 0.6 is 0 Å². The number of nitrogens with one attached hydrogen (secondary N) is 1. The summed E-state index contributed by atoms with van der Waals surface area (Å²) in [6.45, 7) is 0.163. The number of carbonyl (C=O) groups excluding carboxylic acids is 1. The van der Waals surface area contributed by atoms with E-state index in [1.54, 1.807) is 24.3 Å².